The minimum atomic E-state index is -0.566. The van der Waals surface area contributed by atoms with Crippen LogP contribution in [-0.4, -0.2) is 53.3 Å². The van der Waals surface area contributed by atoms with Gasteiger partial charge < -0.3 is 10.6 Å². The van der Waals surface area contributed by atoms with Gasteiger partial charge in [0, 0.05) is 24.9 Å². The van der Waals surface area contributed by atoms with Gasteiger partial charge in [-0.1, -0.05) is 5.92 Å². The third-order valence-electron chi connectivity index (χ3n) is 2.56. The molecular formula is C12H10N4O4. The number of amides is 6. The Labute approximate surface area is 114 Å². The summed E-state index contributed by atoms with van der Waals surface area (Å²) in [6.45, 7) is 0.133. The average Bonchev–Trinajstić information content (AvgIpc) is 2.90. The van der Waals surface area contributed by atoms with Crippen molar-refractivity contribution >= 4 is 23.9 Å². The molecule has 0 bridgehead atoms. The molecule has 2 N–H and O–H groups in total. The Morgan fingerprint density at radius 1 is 0.950 bits per heavy atom. The zero-order chi connectivity index (χ0) is 14.5. The number of nitrogens with zero attached hydrogens (tertiary/aromatic N) is 2. The molecule has 0 radical (unpaired) electrons. The van der Waals surface area contributed by atoms with E-state index in [2.05, 4.69) is 34.4 Å². The van der Waals surface area contributed by atoms with Crippen LogP contribution in [-0.2, 0) is 9.59 Å². The molecule has 2 aliphatic rings. The fourth-order valence-corrected chi connectivity index (χ4v) is 1.58. The zero-order valence-electron chi connectivity index (χ0n) is 10.4. The smallest absolute Gasteiger partial charge is 0.329 e. The van der Waals surface area contributed by atoms with Crippen molar-refractivity contribution in [3.8, 4) is 23.8 Å². The van der Waals surface area contributed by atoms with Crippen LogP contribution in [0.3, 0.4) is 0 Å². The highest BCUT2D eigenvalue weighted by atomic mass is 16.2. The van der Waals surface area contributed by atoms with Crippen molar-refractivity contribution in [2.45, 2.75) is 6.42 Å². The summed E-state index contributed by atoms with van der Waals surface area (Å²) < 4.78 is 0. The maximum atomic E-state index is 11.2. The van der Waals surface area contributed by atoms with Crippen molar-refractivity contribution in [1.82, 2.24) is 20.4 Å². The standard InChI is InChI=1S/C12H10N4O4/c17-9-7-13-11(19)15(9)5-3-1-2-4-6-16-10(18)8-14-12(16)20/h3,5,7-8H2,(H,13,19)(H,14,20). The van der Waals surface area contributed by atoms with E-state index in [1.54, 1.807) is 0 Å². The highest BCUT2D eigenvalue weighted by Gasteiger charge is 2.27. The van der Waals surface area contributed by atoms with E-state index in [4.69, 9.17) is 0 Å². The molecule has 0 spiro atoms. The van der Waals surface area contributed by atoms with Gasteiger partial charge in [0.05, 0.1) is 6.54 Å². The summed E-state index contributed by atoms with van der Waals surface area (Å²) >= 11 is 0. The Morgan fingerprint density at radius 3 is 2.25 bits per heavy atom. The molecule has 2 fully saturated rings. The van der Waals surface area contributed by atoms with Gasteiger partial charge in [-0.2, -0.15) is 4.90 Å². The molecule has 0 aliphatic carbocycles. The molecule has 2 aliphatic heterocycles. The van der Waals surface area contributed by atoms with Gasteiger partial charge in [-0.25, -0.2) is 9.59 Å². The van der Waals surface area contributed by atoms with E-state index >= 15 is 0 Å². The summed E-state index contributed by atoms with van der Waals surface area (Å²) in [4.78, 5) is 46.5. The van der Waals surface area contributed by atoms with Gasteiger partial charge in [0.15, 0.2) is 0 Å². The maximum absolute atomic E-state index is 11.2. The lowest BCUT2D eigenvalue weighted by Gasteiger charge is -2.08. The van der Waals surface area contributed by atoms with Crippen molar-refractivity contribution < 1.29 is 19.2 Å². The van der Waals surface area contributed by atoms with E-state index in [0.717, 1.165) is 9.80 Å². The van der Waals surface area contributed by atoms with Crippen LogP contribution in [0.1, 0.15) is 6.42 Å². The number of carbonyl (C=O) groups is 4. The summed E-state index contributed by atoms with van der Waals surface area (Å²) in [6.07, 6.45) is 0.272. The van der Waals surface area contributed by atoms with Gasteiger partial charge in [-0.15, -0.1) is 0 Å². The Balaban J connectivity index is 1.81. The zero-order valence-corrected chi connectivity index (χ0v) is 10.4. The number of carbonyl (C=O) groups excluding carboxylic acids is 4. The van der Waals surface area contributed by atoms with Crippen LogP contribution in [0.5, 0.6) is 0 Å². The molecule has 2 rings (SSSR count). The third kappa shape index (κ3) is 2.87. The minimum absolute atomic E-state index is 0.0122. The van der Waals surface area contributed by atoms with E-state index in [0.29, 0.717) is 0 Å². The van der Waals surface area contributed by atoms with Crippen LogP contribution in [0.25, 0.3) is 0 Å². The Bertz CT molecular complexity index is 572. The van der Waals surface area contributed by atoms with Gasteiger partial charge in [0.2, 0.25) is 5.91 Å². The normalized spacial score (nSPS) is 17.2. The summed E-state index contributed by atoms with van der Waals surface area (Å²) in [5.41, 5.74) is 0. The van der Waals surface area contributed by atoms with Crippen LogP contribution in [0.15, 0.2) is 0 Å². The first-order chi connectivity index (χ1) is 9.59. The lowest BCUT2D eigenvalue weighted by Crippen LogP contribution is -2.31. The Morgan fingerprint density at radius 2 is 1.65 bits per heavy atom. The lowest BCUT2D eigenvalue weighted by molar-refractivity contribution is -0.125. The van der Waals surface area contributed by atoms with Crippen molar-refractivity contribution in [2.24, 2.45) is 0 Å². The molecule has 2 saturated heterocycles. The number of rotatable bonds is 2. The SMILES string of the molecule is O=C1CNC(=O)N1C#CC#CCCN1C(=O)CNC1=O. The van der Waals surface area contributed by atoms with E-state index in [9.17, 15) is 19.2 Å². The van der Waals surface area contributed by atoms with E-state index in [1.165, 1.54) is 0 Å². The predicted molar refractivity (Wildman–Crippen MR) is 65.5 cm³/mol. The van der Waals surface area contributed by atoms with E-state index < -0.39 is 18.0 Å². The van der Waals surface area contributed by atoms with Gasteiger partial charge in [0.1, 0.15) is 6.54 Å². The second-order valence-corrected chi connectivity index (χ2v) is 3.88. The van der Waals surface area contributed by atoms with Gasteiger partial charge >= 0.3 is 12.1 Å². The van der Waals surface area contributed by atoms with Crippen LogP contribution in [0.4, 0.5) is 9.59 Å². The monoisotopic (exact) mass is 274 g/mol. The lowest BCUT2D eigenvalue weighted by atomic mass is 10.4. The first kappa shape index (κ1) is 13.4. The Hall–Kier alpha value is -3.00. The number of imide groups is 2. The Kier molecular flexibility index (Phi) is 3.87. The molecule has 8 heteroatoms. The second kappa shape index (κ2) is 5.76. The number of nitrogens with one attached hydrogen (secondary N) is 2. The number of hydrogen-bond acceptors (Lipinski definition) is 4. The fraction of sp³-hybridized carbons (Fsp3) is 0.333. The molecule has 0 atom stereocenters. The molecule has 2 heterocycles. The highest BCUT2D eigenvalue weighted by molar-refractivity contribution is 6.03. The molecule has 20 heavy (non-hydrogen) atoms. The van der Waals surface area contributed by atoms with E-state index in [-0.39, 0.29) is 32.0 Å². The molecule has 0 aromatic carbocycles. The molecule has 0 saturated carbocycles. The first-order valence-electron chi connectivity index (χ1n) is 5.77. The third-order valence-corrected chi connectivity index (χ3v) is 2.56. The largest absolute Gasteiger partial charge is 0.336 e. The fourth-order valence-electron chi connectivity index (χ4n) is 1.58. The topological polar surface area (TPSA) is 98.8 Å². The van der Waals surface area contributed by atoms with Gasteiger partial charge in [-0.3, -0.25) is 14.5 Å². The minimum Gasteiger partial charge on any atom is -0.329 e. The van der Waals surface area contributed by atoms with Gasteiger partial charge in [0.25, 0.3) is 5.91 Å². The molecule has 0 aromatic heterocycles. The molecule has 0 aromatic rings. The van der Waals surface area contributed by atoms with Crippen molar-refractivity contribution in [2.75, 3.05) is 19.6 Å². The quantitative estimate of drug-likeness (QED) is 0.470. The van der Waals surface area contributed by atoms with Gasteiger partial charge in [-0.05, 0) is 5.92 Å². The van der Waals surface area contributed by atoms with Crippen LogP contribution in [0, 0.1) is 23.8 Å². The molecule has 8 nitrogen and oxygen atoms in total. The summed E-state index contributed by atoms with van der Waals surface area (Å²) in [5, 5.41) is 4.71. The number of hydrogen-bond donors (Lipinski definition) is 2. The summed E-state index contributed by atoms with van der Waals surface area (Å²) in [6, 6.07) is 1.32. The first-order valence-corrected chi connectivity index (χ1v) is 5.77. The summed E-state index contributed by atoms with van der Waals surface area (Å²) in [5.74, 6) is 6.74. The molecule has 102 valence electrons. The molecular weight excluding hydrogens is 264 g/mol. The van der Waals surface area contributed by atoms with Crippen molar-refractivity contribution in [3.05, 3.63) is 0 Å². The van der Waals surface area contributed by atoms with Crippen molar-refractivity contribution in [1.29, 1.82) is 0 Å². The summed E-state index contributed by atoms with van der Waals surface area (Å²) in [7, 11) is 0. The average molecular weight is 274 g/mol. The highest BCUT2D eigenvalue weighted by Crippen LogP contribution is 1.99. The molecule has 6 amide bonds. The van der Waals surface area contributed by atoms with E-state index in [1.807, 2.05) is 0 Å². The van der Waals surface area contributed by atoms with Crippen LogP contribution < -0.4 is 10.6 Å². The van der Waals surface area contributed by atoms with Crippen molar-refractivity contribution in [3.63, 3.8) is 0 Å². The van der Waals surface area contributed by atoms with Crippen LogP contribution in [0.2, 0.25) is 0 Å². The number of urea groups is 2. The second-order valence-electron chi connectivity index (χ2n) is 3.88. The predicted octanol–water partition coefficient (Wildman–Crippen LogP) is -1.56. The molecule has 0 unspecified atom stereocenters. The van der Waals surface area contributed by atoms with Crippen LogP contribution >= 0.6 is 0 Å². The maximum Gasteiger partial charge on any atom is 0.336 e.